The van der Waals surface area contributed by atoms with Gasteiger partial charge in [-0.25, -0.2) is 4.39 Å². The van der Waals surface area contributed by atoms with Crippen molar-refractivity contribution >= 4 is 0 Å². The minimum atomic E-state index is -0.708. The molecule has 3 aromatic rings. The Bertz CT molecular complexity index is 869. The molecule has 3 rings (SSSR count). The molecule has 1 heterocycles. The highest BCUT2D eigenvalue weighted by Crippen LogP contribution is 2.25. The van der Waals surface area contributed by atoms with Gasteiger partial charge in [-0.15, -0.1) is 0 Å². The molecule has 4 nitrogen and oxygen atoms in total. The molecule has 0 aliphatic carbocycles. The van der Waals surface area contributed by atoms with Gasteiger partial charge in [-0.2, -0.15) is 0 Å². The Balaban J connectivity index is 1.59. The number of pyridine rings is 1. The van der Waals surface area contributed by atoms with E-state index < -0.39 is 6.10 Å². The van der Waals surface area contributed by atoms with Crippen LogP contribution >= 0.6 is 0 Å². The Morgan fingerprint density at radius 2 is 1.93 bits per heavy atom. The van der Waals surface area contributed by atoms with E-state index in [0.29, 0.717) is 17.9 Å². The zero-order valence-corrected chi connectivity index (χ0v) is 15.4. The fourth-order valence-corrected chi connectivity index (χ4v) is 2.81. The summed E-state index contributed by atoms with van der Waals surface area (Å²) >= 11 is 0. The molecule has 0 aliphatic rings. The van der Waals surface area contributed by atoms with E-state index >= 15 is 0 Å². The summed E-state index contributed by atoms with van der Waals surface area (Å²) in [6, 6.07) is 15.4. The lowest BCUT2D eigenvalue weighted by Crippen LogP contribution is -2.31. The molecule has 0 bridgehead atoms. The monoisotopic (exact) mass is 366 g/mol. The minimum absolute atomic E-state index is 0.179. The van der Waals surface area contributed by atoms with E-state index in [1.54, 1.807) is 24.5 Å². The third-order valence-electron chi connectivity index (χ3n) is 4.41. The lowest BCUT2D eigenvalue weighted by molar-refractivity contribution is 0.135. The summed E-state index contributed by atoms with van der Waals surface area (Å²) in [7, 11) is 0. The molecule has 0 fully saturated rings. The number of halogens is 1. The van der Waals surface area contributed by atoms with Crippen LogP contribution in [-0.2, 0) is 6.54 Å². The summed E-state index contributed by atoms with van der Waals surface area (Å²) in [4.78, 5) is 4.04. The van der Waals surface area contributed by atoms with Crippen molar-refractivity contribution in [1.29, 1.82) is 0 Å². The smallest absolute Gasteiger partial charge is 0.145 e. The fraction of sp³-hybridized carbons (Fsp3) is 0.227. The molecule has 2 aromatic carbocycles. The van der Waals surface area contributed by atoms with E-state index in [1.807, 2.05) is 38.1 Å². The Morgan fingerprint density at radius 3 is 2.59 bits per heavy atom. The van der Waals surface area contributed by atoms with E-state index in [0.717, 1.165) is 16.9 Å². The molecular formula is C22H23FN2O2. The van der Waals surface area contributed by atoms with Gasteiger partial charge in [0.05, 0.1) is 12.3 Å². The number of hydrogen-bond acceptors (Lipinski definition) is 4. The van der Waals surface area contributed by atoms with E-state index in [9.17, 15) is 9.50 Å². The SMILES string of the molecule is Cc1cc(CNC(C)C(O)c2ccc(F)cc2)ccc1Oc1cccnc1. The van der Waals surface area contributed by atoms with Gasteiger partial charge in [-0.05, 0) is 60.9 Å². The van der Waals surface area contributed by atoms with Crippen LogP contribution in [0.25, 0.3) is 0 Å². The number of ether oxygens (including phenoxy) is 1. The van der Waals surface area contributed by atoms with Gasteiger partial charge in [-0.3, -0.25) is 4.98 Å². The second kappa shape index (κ2) is 8.75. The van der Waals surface area contributed by atoms with Gasteiger partial charge in [0.2, 0.25) is 0 Å². The topological polar surface area (TPSA) is 54.4 Å². The van der Waals surface area contributed by atoms with Crippen molar-refractivity contribution < 1.29 is 14.2 Å². The lowest BCUT2D eigenvalue weighted by atomic mass is 10.0. The van der Waals surface area contributed by atoms with E-state index in [2.05, 4.69) is 16.4 Å². The van der Waals surface area contributed by atoms with Crippen LogP contribution in [0.1, 0.15) is 29.7 Å². The predicted molar refractivity (Wildman–Crippen MR) is 103 cm³/mol. The highest BCUT2D eigenvalue weighted by atomic mass is 19.1. The zero-order chi connectivity index (χ0) is 19.2. The zero-order valence-electron chi connectivity index (χ0n) is 15.4. The third kappa shape index (κ3) is 5.12. The molecule has 0 amide bonds. The van der Waals surface area contributed by atoms with E-state index in [-0.39, 0.29) is 11.9 Å². The van der Waals surface area contributed by atoms with Crippen LogP contribution in [0.5, 0.6) is 11.5 Å². The molecule has 2 N–H and O–H groups in total. The van der Waals surface area contributed by atoms with Crippen molar-refractivity contribution in [3.05, 3.63) is 89.5 Å². The first-order valence-electron chi connectivity index (χ1n) is 8.87. The van der Waals surface area contributed by atoms with Crippen LogP contribution in [0.3, 0.4) is 0 Å². The molecule has 0 spiro atoms. The highest BCUT2D eigenvalue weighted by Gasteiger charge is 2.16. The Labute approximate surface area is 158 Å². The molecule has 0 aliphatic heterocycles. The molecule has 0 saturated heterocycles. The van der Waals surface area contributed by atoms with Crippen LogP contribution in [0.2, 0.25) is 0 Å². The van der Waals surface area contributed by atoms with Crippen molar-refractivity contribution in [2.24, 2.45) is 0 Å². The molecule has 0 saturated carbocycles. The van der Waals surface area contributed by atoms with Crippen molar-refractivity contribution in [2.45, 2.75) is 32.5 Å². The normalized spacial score (nSPS) is 13.2. The highest BCUT2D eigenvalue weighted by molar-refractivity contribution is 5.39. The number of aliphatic hydroxyl groups excluding tert-OH is 1. The molecule has 27 heavy (non-hydrogen) atoms. The number of hydrogen-bond donors (Lipinski definition) is 2. The second-order valence-corrected chi connectivity index (χ2v) is 6.56. The summed E-state index contributed by atoms with van der Waals surface area (Å²) < 4.78 is 18.9. The van der Waals surface area contributed by atoms with Gasteiger partial charge >= 0.3 is 0 Å². The van der Waals surface area contributed by atoms with E-state index in [4.69, 9.17) is 4.74 Å². The van der Waals surface area contributed by atoms with Crippen molar-refractivity contribution in [1.82, 2.24) is 10.3 Å². The third-order valence-corrected chi connectivity index (χ3v) is 4.41. The maximum absolute atomic E-state index is 13.0. The average Bonchev–Trinajstić information content (AvgIpc) is 2.69. The second-order valence-electron chi connectivity index (χ2n) is 6.56. The van der Waals surface area contributed by atoms with Gasteiger partial charge in [0.15, 0.2) is 0 Å². The molecular weight excluding hydrogens is 343 g/mol. The molecule has 5 heteroatoms. The van der Waals surface area contributed by atoms with Crippen molar-refractivity contribution in [3.63, 3.8) is 0 Å². The Kier molecular flexibility index (Phi) is 6.16. The van der Waals surface area contributed by atoms with Crippen molar-refractivity contribution in [3.8, 4) is 11.5 Å². The summed E-state index contributed by atoms with van der Waals surface area (Å²) in [6.45, 7) is 4.50. The number of benzene rings is 2. The molecule has 1 aromatic heterocycles. The predicted octanol–water partition coefficient (Wildman–Crippen LogP) is 4.53. The standard InChI is InChI=1S/C22H23FN2O2/c1-15-12-17(5-10-21(15)27-20-4-3-11-24-14-20)13-25-16(2)22(26)18-6-8-19(23)9-7-18/h3-12,14,16,22,25-26H,13H2,1-2H3. The average molecular weight is 366 g/mol. The number of nitrogens with one attached hydrogen (secondary N) is 1. The number of rotatable bonds is 7. The largest absolute Gasteiger partial charge is 0.455 e. The van der Waals surface area contributed by atoms with Crippen molar-refractivity contribution in [2.75, 3.05) is 0 Å². The fourth-order valence-electron chi connectivity index (χ4n) is 2.81. The van der Waals surface area contributed by atoms with Gasteiger partial charge < -0.3 is 15.2 Å². The van der Waals surface area contributed by atoms with Gasteiger partial charge in [0.1, 0.15) is 17.3 Å². The summed E-state index contributed by atoms with van der Waals surface area (Å²) in [5.74, 6) is 1.17. The van der Waals surface area contributed by atoms with Crippen LogP contribution in [-0.4, -0.2) is 16.1 Å². The number of aryl methyl sites for hydroxylation is 1. The molecule has 0 radical (unpaired) electrons. The number of nitrogens with zero attached hydrogens (tertiary/aromatic N) is 1. The Hall–Kier alpha value is -2.76. The molecule has 2 atom stereocenters. The van der Waals surface area contributed by atoms with Gasteiger partial charge in [-0.1, -0.05) is 24.3 Å². The first-order chi connectivity index (χ1) is 13.0. The van der Waals surface area contributed by atoms with Crippen LogP contribution in [0, 0.1) is 12.7 Å². The Morgan fingerprint density at radius 1 is 1.15 bits per heavy atom. The van der Waals surface area contributed by atoms with E-state index in [1.165, 1.54) is 12.1 Å². The lowest BCUT2D eigenvalue weighted by Gasteiger charge is -2.21. The molecule has 2 unspecified atom stereocenters. The first-order valence-corrected chi connectivity index (χ1v) is 8.87. The summed E-state index contributed by atoms with van der Waals surface area (Å²) in [6.07, 6.45) is 2.67. The number of aromatic nitrogens is 1. The quantitative estimate of drug-likeness (QED) is 0.645. The summed E-state index contributed by atoms with van der Waals surface area (Å²) in [5.41, 5.74) is 2.79. The van der Waals surface area contributed by atoms with Gasteiger partial charge in [0.25, 0.3) is 0 Å². The molecule has 140 valence electrons. The maximum Gasteiger partial charge on any atom is 0.145 e. The number of aliphatic hydroxyl groups is 1. The van der Waals surface area contributed by atoms with Crippen LogP contribution < -0.4 is 10.1 Å². The van der Waals surface area contributed by atoms with Gasteiger partial charge in [0, 0.05) is 18.8 Å². The van der Waals surface area contributed by atoms with Crippen LogP contribution in [0.4, 0.5) is 4.39 Å². The van der Waals surface area contributed by atoms with Crippen LogP contribution in [0.15, 0.2) is 67.0 Å². The first kappa shape index (κ1) is 19.0. The summed E-state index contributed by atoms with van der Waals surface area (Å²) in [5, 5.41) is 13.7. The minimum Gasteiger partial charge on any atom is -0.455 e. The maximum atomic E-state index is 13.0.